The maximum atomic E-state index is 11.2. The van der Waals surface area contributed by atoms with Gasteiger partial charge >= 0.3 is 0 Å². The molecule has 1 amide bonds. The van der Waals surface area contributed by atoms with Crippen LogP contribution in [0.15, 0.2) is 0 Å². The lowest BCUT2D eigenvalue weighted by molar-refractivity contribution is -0.131. The number of carbonyl (C=O) groups is 1. The standard InChI is InChI=1S/C12H23N3O/c1-11(16)14-6-8-15(9-7-14)12-4-3-5-13(2)10-12/h12H,3-10H2,1-2H3. The number of amides is 1. The summed E-state index contributed by atoms with van der Waals surface area (Å²) in [7, 11) is 2.21. The van der Waals surface area contributed by atoms with Crippen LogP contribution < -0.4 is 0 Å². The van der Waals surface area contributed by atoms with Crippen molar-refractivity contribution in [1.29, 1.82) is 0 Å². The van der Waals surface area contributed by atoms with Gasteiger partial charge < -0.3 is 9.80 Å². The molecule has 2 aliphatic heterocycles. The van der Waals surface area contributed by atoms with Crippen molar-refractivity contribution in [3.8, 4) is 0 Å². The number of piperidine rings is 1. The number of likely N-dealkylation sites (N-methyl/N-ethyl adjacent to an activating group) is 1. The van der Waals surface area contributed by atoms with E-state index in [1.807, 2.05) is 4.90 Å². The fourth-order valence-electron chi connectivity index (χ4n) is 2.84. The minimum atomic E-state index is 0.223. The minimum Gasteiger partial charge on any atom is -0.340 e. The third-order valence-electron chi connectivity index (χ3n) is 3.88. The van der Waals surface area contributed by atoms with Gasteiger partial charge in [0.25, 0.3) is 0 Å². The first-order valence-corrected chi connectivity index (χ1v) is 6.35. The maximum Gasteiger partial charge on any atom is 0.219 e. The second-order valence-electron chi connectivity index (χ2n) is 5.10. The number of nitrogens with zero attached hydrogens (tertiary/aromatic N) is 3. The van der Waals surface area contributed by atoms with Gasteiger partial charge in [0.15, 0.2) is 0 Å². The summed E-state index contributed by atoms with van der Waals surface area (Å²) < 4.78 is 0. The predicted octanol–water partition coefficient (Wildman–Crippen LogP) is 0.245. The van der Waals surface area contributed by atoms with Gasteiger partial charge in [0.05, 0.1) is 0 Å². The van der Waals surface area contributed by atoms with Gasteiger partial charge in [0.1, 0.15) is 0 Å². The summed E-state index contributed by atoms with van der Waals surface area (Å²) in [6.07, 6.45) is 2.64. The van der Waals surface area contributed by atoms with Crippen molar-refractivity contribution in [1.82, 2.24) is 14.7 Å². The molecule has 92 valence electrons. The third-order valence-corrected chi connectivity index (χ3v) is 3.88. The highest BCUT2D eigenvalue weighted by molar-refractivity contribution is 5.73. The zero-order chi connectivity index (χ0) is 11.5. The Labute approximate surface area is 98.2 Å². The number of hydrogen-bond donors (Lipinski definition) is 0. The van der Waals surface area contributed by atoms with Crippen molar-refractivity contribution in [3.05, 3.63) is 0 Å². The van der Waals surface area contributed by atoms with Crippen LogP contribution >= 0.6 is 0 Å². The molecule has 0 radical (unpaired) electrons. The number of likely N-dealkylation sites (tertiary alicyclic amines) is 1. The molecule has 4 nitrogen and oxygen atoms in total. The molecule has 1 unspecified atom stereocenters. The smallest absolute Gasteiger partial charge is 0.219 e. The van der Waals surface area contributed by atoms with Crippen molar-refractivity contribution in [3.63, 3.8) is 0 Å². The highest BCUT2D eigenvalue weighted by Gasteiger charge is 2.27. The van der Waals surface area contributed by atoms with E-state index in [9.17, 15) is 4.79 Å². The lowest BCUT2D eigenvalue weighted by Gasteiger charge is -2.42. The first-order valence-electron chi connectivity index (χ1n) is 6.35. The van der Waals surface area contributed by atoms with E-state index in [1.165, 1.54) is 25.9 Å². The van der Waals surface area contributed by atoms with Gasteiger partial charge in [0, 0.05) is 45.7 Å². The molecular weight excluding hydrogens is 202 g/mol. The van der Waals surface area contributed by atoms with Crippen LogP contribution in [0.3, 0.4) is 0 Å². The van der Waals surface area contributed by atoms with Crippen LogP contribution in [-0.2, 0) is 4.79 Å². The maximum absolute atomic E-state index is 11.2. The number of carbonyl (C=O) groups excluding carboxylic acids is 1. The van der Waals surface area contributed by atoms with Crippen LogP contribution in [0.5, 0.6) is 0 Å². The Balaban J connectivity index is 1.81. The molecule has 0 aromatic carbocycles. The molecule has 0 spiro atoms. The van der Waals surface area contributed by atoms with Crippen LogP contribution in [0.2, 0.25) is 0 Å². The quantitative estimate of drug-likeness (QED) is 0.640. The predicted molar refractivity (Wildman–Crippen MR) is 64.3 cm³/mol. The third kappa shape index (κ3) is 2.74. The van der Waals surface area contributed by atoms with Crippen LogP contribution in [0.1, 0.15) is 19.8 Å². The van der Waals surface area contributed by atoms with Gasteiger partial charge in [0.2, 0.25) is 5.91 Å². The number of rotatable bonds is 1. The molecule has 0 aromatic rings. The Morgan fingerprint density at radius 2 is 1.81 bits per heavy atom. The van der Waals surface area contributed by atoms with E-state index in [0.717, 1.165) is 26.2 Å². The SMILES string of the molecule is CC(=O)N1CCN(C2CCCN(C)C2)CC1. The first kappa shape index (κ1) is 11.9. The van der Waals surface area contributed by atoms with E-state index in [2.05, 4.69) is 16.8 Å². The van der Waals surface area contributed by atoms with Crippen molar-refractivity contribution < 1.29 is 4.79 Å². The second-order valence-corrected chi connectivity index (χ2v) is 5.10. The van der Waals surface area contributed by atoms with Crippen LogP contribution in [0.4, 0.5) is 0 Å². The zero-order valence-electron chi connectivity index (χ0n) is 10.5. The minimum absolute atomic E-state index is 0.223. The van der Waals surface area contributed by atoms with Crippen LogP contribution in [0, 0.1) is 0 Å². The summed E-state index contributed by atoms with van der Waals surface area (Å²) in [5.74, 6) is 0.223. The Kier molecular flexibility index (Phi) is 3.82. The summed E-state index contributed by atoms with van der Waals surface area (Å²) in [6.45, 7) is 8.04. The average molecular weight is 225 g/mol. The summed E-state index contributed by atoms with van der Waals surface area (Å²) in [4.78, 5) is 18.2. The fourth-order valence-corrected chi connectivity index (χ4v) is 2.84. The molecule has 2 aliphatic rings. The molecule has 0 bridgehead atoms. The number of hydrogen-bond acceptors (Lipinski definition) is 3. The van der Waals surface area contributed by atoms with Crippen LogP contribution in [-0.4, -0.2) is 73.0 Å². The van der Waals surface area contributed by atoms with E-state index in [1.54, 1.807) is 6.92 Å². The fraction of sp³-hybridized carbons (Fsp3) is 0.917. The Morgan fingerprint density at radius 3 is 2.38 bits per heavy atom. The molecule has 1 atom stereocenters. The topological polar surface area (TPSA) is 26.8 Å². The van der Waals surface area contributed by atoms with Crippen molar-refractivity contribution in [2.45, 2.75) is 25.8 Å². The molecule has 2 fully saturated rings. The monoisotopic (exact) mass is 225 g/mol. The van der Waals surface area contributed by atoms with Gasteiger partial charge in [-0.1, -0.05) is 0 Å². The molecular formula is C12H23N3O. The molecule has 0 saturated carbocycles. The van der Waals surface area contributed by atoms with Gasteiger partial charge in [-0.3, -0.25) is 9.69 Å². The molecule has 2 rings (SSSR count). The zero-order valence-corrected chi connectivity index (χ0v) is 10.5. The Hall–Kier alpha value is -0.610. The first-order chi connectivity index (χ1) is 7.66. The highest BCUT2D eigenvalue weighted by atomic mass is 16.2. The van der Waals surface area contributed by atoms with Crippen molar-refractivity contribution in [2.75, 3.05) is 46.3 Å². The molecule has 4 heteroatoms. The van der Waals surface area contributed by atoms with E-state index in [4.69, 9.17) is 0 Å². The van der Waals surface area contributed by atoms with Gasteiger partial charge in [-0.15, -0.1) is 0 Å². The van der Waals surface area contributed by atoms with Gasteiger partial charge in [-0.2, -0.15) is 0 Å². The highest BCUT2D eigenvalue weighted by Crippen LogP contribution is 2.16. The van der Waals surface area contributed by atoms with Crippen molar-refractivity contribution in [2.24, 2.45) is 0 Å². The molecule has 0 N–H and O–H groups in total. The lowest BCUT2D eigenvalue weighted by atomic mass is 10.0. The Bertz CT molecular complexity index is 249. The average Bonchev–Trinajstić information content (AvgIpc) is 2.29. The normalized spacial score (nSPS) is 29.4. The number of piperazine rings is 1. The molecule has 2 saturated heterocycles. The lowest BCUT2D eigenvalue weighted by Crippen LogP contribution is -2.55. The van der Waals surface area contributed by atoms with E-state index < -0.39 is 0 Å². The van der Waals surface area contributed by atoms with Crippen molar-refractivity contribution >= 4 is 5.91 Å². The van der Waals surface area contributed by atoms with E-state index >= 15 is 0 Å². The summed E-state index contributed by atoms with van der Waals surface area (Å²) in [6, 6.07) is 0.716. The van der Waals surface area contributed by atoms with Gasteiger partial charge in [-0.05, 0) is 26.4 Å². The summed E-state index contributed by atoms with van der Waals surface area (Å²) in [5.41, 5.74) is 0. The largest absolute Gasteiger partial charge is 0.340 e. The summed E-state index contributed by atoms with van der Waals surface area (Å²) in [5, 5.41) is 0. The van der Waals surface area contributed by atoms with E-state index in [-0.39, 0.29) is 5.91 Å². The molecule has 2 heterocycles. The summed E-state index contributed by atoms with van der Waals surface area (Å²) >= 11 is 0. The molecule has 0 aromatic heterocycles. The van der Waals surface area contributed by atoms with E-state index in [0.29, 0.717) is 6.04 Å². The molecule has 16 heavy (non-hydrogen) atoms. The Morgan fingerprint density at radius 1 is 1.12 bits per heavy atom. The second kappa shape index (κ2) is 5.15. The van der Waals surface area contributed by atoms with Gasteiger partial charge in [-0.25, -0.2) is 0 Å². The molecule has 0 aliphatic carbocycles. The van der Waals surface area contributed by atoms with Crippen LogP contribution in [0.25, 0.3) is 0 Å².